The van der Waals surface area contributed by atoms with Gasteiger partial charge in [-0.2, -0.15) is 0 Å². The normalized spacial score (nSPS) is 16.0. The summed E-state index contributed by atoms with van der Waals surface area (Å²) in [7, 11) is 0. The third-order valence-electron chi connectivity index (χ3n) is 7.17. The minimum atomic E-state index is -0.539. The van der Waals surface area contributed by atoms with Crippen LogP contribution in [-0.4, -0.2) is 86.5 Å². The largest absolute Gasteiger partial charge is 0.444 e. The van der Waals surface area contributed by atoms with Crippen LogP contribution in [0.25, 0.3) is 11.3 Å². The highest BCUT2D eigenvalue weighted by Gasteiger charge is 2.26. The Balaban J connectivity index is 1.20. The summed E-state index contributed by atoms with van der Waals surface area (Å²) in [5, 5.41) is 3.06. The van der Waals surface area contributed by atoms with Crippen molar-refractivity contribution in [2.24, 2.45) is 0 Å². The molecule has 1 fully saturated rings. The van der Waals surface area contributed by atoms with Gasteiger partial charge in [0.1, 0.15) is 17.1 Å². The fraction of sp³-hybridized carbons (Fsp3) is 0.433. The highest BCUT2D eigenvalue weighted by molar-refractivity contribution is 5.97. The topological polar surface area (TPSA) is 104 Å². The molecule has 0 spiro atoms. The zero-order valence-electron chi connectivity index (χ0n) is 24.0. The molecule has 216 valence electrons. The predicted octanol–water partition coefficient (Wildman–Crippen LogP) is 4.49. The molecule has 2 amide bonds. The lowest BCUT2D eigenvalue weighted by Crippen LogP contribution is -2.49. The number of halogens is 1. The van der Waals surface area contributed by atoms with E-state index in [0.29, 0.717) is 49.7 Å². The van der Waals surface area contributed by atoms with Crippen LogP contribution >= 0.6 is 0 Å². The van der Waals surface area contributed by atoms with E-state index in [0.717, 1.165) is 36.8 Å². The number of likely N-dealkylation sites (N-methyl/N-ethyl adjacent to an activating group) is 1. The number of benzene rings is 1. The number of anilines is 2. The van der Waals surface area contributed by atoms with Crippen molar-refractivity contribution in [2.75, 3.05) is 44.6 Å². The number of carbonyl (C=O) groups is 2. The van der Waals surface area contributed by atoms with E-state index in [1.165, 1.54) is 0 Å². The molecule has 2 aromatic heterocycles. The number of nitrogens with one attached hydrogen (secondary N) is 1. The Morgan fingerprint density at radius 1 is 1.05 bits per heavy atom. The van der Waals surface area contributed by atoms with E-state index in [4.69, 9.17) is 4.74 Å². The highest BCUT2D eigenvalue weighted by atomic mass is 19.1. The smallest absolute Gasteiger partial charge is 0.410 e. The van der Waals surface area contributed by atoms with E-state index in [1.807, 2.05) is 45.9 Å². The number of hydrogen-bond donors (Lipinski definition) is 1. The number of hydrogen-bond acceptors (Lipinski definition) is 8. The molecule has 10 nitrogen and oxygen atoms in total. The number of pyridine rings is 1. The van der Waals surface area contributed by atoms with E-state index < -0.39 is 11.4 Å². The van der Waals surface area contributed by atoms with Crippen molar-refractivity contribution in [3.63, 3.8) is 0 Å². The average molecular weight is 562 g/mol. The van der Waals surface area contributed by atoms with E-state index in [-0.39, 0.29) is 23.6 Å². The molecule has 5 rings (SSSR count). The maximum absolute atomic E-state index is 14.8. The van der Waals surface area contributed by atoms with Gasteiger partial charge in [0.05, 0.1) is 6.20 Å². The Morgan fingerprint density at radius 3 is 2.51 bits per heavy atom. The van der Waals surface area contributed by atoms with Gasteiger partial charge in [-0.05, 0) is 63.4 Å². The summed E-state index contributed by atoms with van der Waals surface area (Å²) in [5.74, 6) is 0.230. The molecular formula is C30H36FN7O3. The zero-order valence-corrected chi connectivity index (χ0v) is 24.0. The van der Waals surface area contributed by atoms with E-state index >= 15 is 0 Å². The standard InChI is InChI=1S/C30H36FN7O3/c1-5-37-11-10-21-16-22(7-8-23(21)27(37)39)26-24(31)18-33-28(35-26)34-25-9-6-20(17-32-25)19-36-12-14-38(15-13-36)29(40)41-30(2,3)4/h6-9,16-18H,5,10-15,19H2,1-4H3,(H,32,33,34,35). The van der Waals surface area contributed by atoms with Gasteiger partial charge >= 0.3 is 6.09 Å². The summed E-state index contributed by atoms with van der Waals surface area (Å²) >= 11 is 0. The summed E-state index contributed by atoms with van der Waals surface area (Å²) in [4.78, 5) is 43.7. The zero-order chi connectivity index (χ0) is 29.1. The van der Waals surface area contributed by atoms with Gasteiger partial charge in [0.25, 0.3) is 5.91 Å². The van der Waals surface area contributed by atoms with Crippen molar-refractivity contribution < 1.29 is 18.7 Å². The summed E-state index contributed by atoms with van der Waals surface area (Å²) in [6.07, 6.45) is 3.37. The number of piperazine rings is 1. The highest BCUT2D eigenvalue weighted by Crippen LogP contribution is 2.28. The van der Waals surface area contributed by atoms with E-state index in [9.17, 15) is 14.0 Å². The van der Waals surface area contributed by atoms with Crippen LogP contribution in [0, 0.1) is 5.82 Å². The minimum absolute atomic E-state index is 0.00314. The molecular weight excluding hydrogens is 525 g/mol. The van der Waals surface area contributed by atoms with Crippen LogP contribution in [0.1, 0.15) is 49.2 Å². The lowest BCUT2D eigenvalue weighted by molar-refractivity contribution is 0.0139. The van der Waals surface area contributed by atoms with Crippen molar-refractivity contribution in [1.29, 1.82) is 0 Å². The molecule has 41 heavy (non-hydrogen) atoms. The Morgan fingerprint density at radius 2 is 1.83 bits per heavy atom. The fourth-order valence-corrected chi connectivity index (χ4v) is 5.00. The molecule has 1 N–H and O–H groups in total. The SMILES string of the molecule is CCN1CCc2cc(-c3nc(Nc4ccc(CN5CCN(C(=O)OC(C)(C)C)CC5)cn4)ncc3F)ccc2C1=O. The number of rotatable bonds is 6. The van der Waals surface area contributed by atoms with Crippen LogP contribution in [0.5, 0.6) is 0 Å². The molecule has 2 aliphatic rings. The van der Waals surface area contributed by atoms with Gasteiger partial charge in [-0.1, -0.05) is 12.1 Å². The van der Waals surface area contributed by atoms with Crippen molar-refractivity contribution in [1.82, 2.24) is 29.7 Å². The summed E-state index contributed by atoms with van der Waals surface area (Å²) in [5.41, 5.74) is 2.84. The van der Waals surface area contributed by atoms with E-state index in [2.05, 4.69) is 25.2 Å². The second-order valence-corrected chi connectivity index (χ2v) is 11.3. The lowest BCUT2D eigenvalue weighted by atomic mass is 9.95. The van der Waals surface area contributed by atoms with Crippen LogP contribution in [0.3, 0.4) is 0 Å². The third kappa shape index (κ3) is 6.79. The Bertz CT molecular complexity index is 1420. The maximum atomic E-state index is 14.8. The number of aromatic nitrogens is 3. The van der Waals surface area contributed by atoms with Crippen molar-refractivity contribution in [3.8, 4) is 11.3 Å². The average Bonchev–Trinajstić information content (AvgIpc) is 2.94. The molecule has 0 aliphatic carbocycles. The van der Waals surface area contributed by atoms with Gasteiger partial charge in [0.2, 0.25) is 5.95 Å². The molecule has 3 aromatic rings. The molecule has 0 unspecified atom stereocenters. The van der Waals surface area contributed by atoms with Crippen LogP contribution in [0.2, 0.25) is 0 Å². The second kappa shape index (κ2) is 11.8. The number of nitrogens with zero attached hydrogens (tertiary/aromatic N) is 6. The van der Waals surface area contributed by atoms with Gasteiger partial charge in [0, 0.05) is 63.1 Å². The van der Waals surface area contributed by atoms with E-state index in [1.54, 1.807) is 28.1 Å². The number of fused-ring (bicyclic) bond motifs is 1. The quantitative estimate of drug-likeness (QED) is 0.470. The van der Waals surface area contributed by atoms with Gasteiger partial charge in [-0.15, -0.1) is 0 Å². The Labute approximate surface area is 239 Å². The summed E-state index contributed by atoms with van der Waals surface area (Å²) < 4.78 is 20.2. The van der Waals surface area contributed by atoms with Gasteiger partial charge in [0.15, 0.2) is 5.82 Å². The molecule has 1 saturated heterocycles. The number of carbonyl (C=O) groups excluding carboxylic acids is 2. The van der Waals surface area contributed by atoms with Gasteiger partial charge < -0.3 is 19.9 Å². The van der Waals surface area contributed by atoms with Gasteiger partial charge in [-0.3, -0.25) is 9.69 Å². The van der Waals surface area contributed by atoms with Crippen molar-refractivity contribution in [3.05, 3.63) is 65.2 Å². The van der Waals surface area contributed by atoms with Crippen LogP contribution in [-0.2, 0) is 17.7 Å². The first kappa shape index (κ1) is 28.4. The lowest BCUT2D eigenvalue weighted by Gasteiger charge is -2.35. The Kier molecular flexibility index (Phi) is 8.16. The first-order valence-electron chi connectivity index (χ1n) is 14.0. The van der Waals surface area contributed by atoms with Crippen molar-refractivity contribution >= 4 is 23.8 Å². The number of ether oxygens (including phenoxy) is 1. The first-order valence-corrected chi connectivity index (χ1v) is 14.0. The van der Waals surface area contributed by atoms with Crippen LogP contribution in [0.4, 0.5) is 21.0 Å². The minimum Gasteiger partial charge on any atom is -0.444 e. The molecule has 0 saturated carbocycles. The molecule has 0 radical (unpaired) electrons. The molecule has 0 bridgehead atoms. The van der Waals surface area contributed by atoms with Gasteiger partial charge in [-0.25, -0.2) is 24.1 Å². The summed E-state index contributed by atoms with van der Waals surface area (Å²) in [6.45, 7) is 12.3. The Hall–Kier alpha value is -4.12. The van der Waals surface area contributed by atoms with Crippen LogP contribution in [0.15, 0.2) is 42.7 Å². The third-order valence-corrected chi connectivity index (χ3v) is 7.17. The molecule has 0 atom stereocenters. The first-order chi connectivity index (χ1) is 19.6. The van der Waals surface area contributed by atoms with Crippen LogP contribution < -0.4 is 5.32 Å². The molecule has 2 aliphatic heterocycles. The maximum Gasteiger partial charge on any atom is 0.410 e. The molecule has 1 aromatic carbocycles. The predicted molar refractivity (Wildman–Crippen MR) is 153 cm³/mol. The van der Waals surface area contributed by atoms with Crippen molar-refractivity contribution in [2.45, 2.75) is 46.3 Å². The molecule has 4 heterocycles. The molecule has 11 heteroatoms. The second-order valence-electron chi connectivity index (χ2n) is 11.3. The summed E-state index contributed by atoms with van der Waals surface area (Å²) in [6, 6.07) is 9.13. The number of amides is 2. The monoisotopic (exact) mass is 561 g/mol. The fourth-order valence-electron chi connectivity index (χ4n) is 5.00.